The molecule has 22 heavy (non-hydrogen) atoms. The number of aromatic amines is 1. The Balaban J connectivity index is 1.53. The van der Waals surface area contributed by atoms with Crippen LogP contribution < -0.4 is 5.32 Å². The first kappa shape index (κ1) is 13.6. The maximum atomic E-state index is 12.6. The van der Waals surface area contributed by atoms with Crippen molar-refractivity contribution in [1.82, 2.24) is 15.5 Å². The Bertz CT molecular complexity index is 670. The Kier molecular flexibility index (Phi) is 3.46. The minimum atomic E-state index is -0.0744. The van der Waals surface area contributed by atoms with Crippen molar-refractivity contribution in [3.05, 3.63) is 41.1 Å². The van der Waals surface area contributed by atoms with Crippen LogP contribution in [0.3, 0.4) is 0 Å². The van der Waals surface area contributed by atoms with Crippen LogP contribution in [0.15, 0.2) is 22.9 Å². The third-order valence-electron chi connectivity index (χ3n) is 4.61. The summed E-state index contributed by atoms with van der Waals surface area (Å²) in [6.07, 6.45) is 7.16. The number of ether oxygens (including phenoxy) is 1. The Morgan fingerprint density at radius 1 is 1.41 bits per heavy atom. The lowest BCUT2D eigenvalue weighted by molar-refractivity contribution is 0.0930. The number of hydrogen-bond acceptors (Lipinski definition) is 4. The molecule has 1 aliphatic heterocycles. The van der Waals surface area contributed by atoms with E-state index in [-0.39, 0.29) is 17.9 Å². The summed E-state index contributed by atoms with van der Waals surface area (Å²) in [5.74, 6) is 1.15. The summed E-state index contributed by atoms with van der Waals surface area (Å²) in [7, 11) is 0. The lowest BCUT2D eigenvalue weighted by Gasteiger charge is -2.22. The van der Waals surface area contributed by atoms with E-state index >= 15 is 0 Å². The second-order valence-electron chi connectivity index (χ2n) is 5.98. The van der Waals surface area contributed by atoms with Gasteiger partial charge in [-0.25, -0.2) is 0 Å². The van der Waals surface area contributed by atoms with Gasteiger partial charge in [0.05, 0.1) is 36.4 Å². The highest BCUT2D eigenvalue weighted by atomic mass is 16.5. The molecule has 2 N–H and O–H groups in total. The van der Waals surface area contributed by atoms with Gasteiger partial charge in [0.15, 0.2) is 0 Å². The summed E-state index contributed by atoms with van der Waals surface area (Å²) in [5.41, 5.74) is 2.62. The van der Waals surface area contributed by atoms with Crippen LogP contribution in [0.25, 0.3) is 0 Å². The second kappa shape index (κ2) is 5.61. The Labute approximate surface area is 128 Å². The molecule has 0 saturated carbocycles. The van der Waals surface area contributed by atoms with E-state index in [2.05, 4.69) is 15.5 Å². The number of furan rings is 1. The molecule has 1 saturated heterocycles. The monoisotopic (exact) mass is 301 g/mol. The van der Waals surface area contributed by atoms with Crippen LogP contribution in [0.4, 0.5) is 0 Å². The molecule has 6 heteroatoms. The van der Waals surface area contributed by atoms with Gasteiger partial charge >= 0.3 is 0 Å². The van der Waals surface area contributed by atoms with Crippen molar-refractivity contribution in [2.75, 3.05) is 13.2 Å². The van der Waals surface area contributed by atoms with E-state index in [0.29, 0.717) is 12.2 Å². The Morgan fingerprint density at radius 2 is 2.36 bits per heavy atom. The summed E-state index contributed by atoms with van der Waals surface area (Å²) < 4.78 is 10.9. The number of carbonyl (C=O) groups is 1. The van der Waals surface area contributed by atoms with E-state index in [9.17, 15) is 4.79 Å². The first-order valence-electron chi connectivity index (χ1n) is 7.81. The van der Waals surface area contributed by atoms with Crippen molar-refractivity contribution in [3.8, 4) is 0 Å². The Hall–Kier alpha value is -2.08. The smallest absolute Gasteiger partial charge is 0.255 e. The van der Waals surface area contributed by atoms with Crippen LogP contribution in [0.2, 0.25) is 0 Å². The first-order chi connectivity index (χ1) is 10.8. The van der Waals surface area contributed by atoms with Crippen molar-refractivity contribution >= 4 is 5.91 Å². The molecule has 0 radical (unpaired) electrons. The van der Waals surface area contributed by atoms with Crippen molar-refractivity contribution in [1.29, 1.82) is 0 Å². The fraction of sp³-hybridized carbons (Fsp3) is 0.500. The minimum absolute atomic E-state index is 0.0255. The van der Waals surface area contributed by atoms with Gasteiger partial charge in [-0.1, -0.05) is 0 Å². The van der Waals surface area contributed by atoms with E-state index in [0.717, 1.165) is 49.3 Å². The lowest BCUT2D eigenvalue weighted by Crippen LogP contribution is -2.31. The maximum absolute atomic E-state index is 12.6. The molecular weight excluding hydrogens is 282 g/mol. The zero-order valence-electron chi connectivity index (χ0n) is 12.3. The quantitative estimate of drug-likeness (QED) is 0.911. The van der Waals surface area contributed by atoms with E-state index < -0.39 is 0 Å². The molecule has 0 unspecified atom stereocenters. The number of carbonyl (C=O) groups excluding carboxylic acids is 1. The number of aryl methyl sites for hydroxylation is 1. The lowest BCUT2D eigenvalue weighted by atomic mass is 9.93. The van der Waals surface area contributed by atoms with Crippen LogP contribution in [0, 0.1) is 0 Å². The molecule has 0 aromatic carbocycles. The van der Waals surface area contributed by atoms with Gasteiger partial charge in [0.2, 0.25) is 0 Å². The predicted molar refractivity (Wildman–Crippen MR) is 78.6 cm³/mol. The van der Waals surface area contributed by atoms with Crippen LogP contribution in [-0.2, 0) is 11.2 Å². The summed E-state index contributed by atoms with van der Waals surface area (Å²) in [5, 5.41) is 10.2. The third-order valence-corrected chi connectivity index (χ3v) is 4.61. The molecule has 6 nitrogen and oxygen atoms in total. The van der Waals surface area contributed by atoms with Gasteiger partial charge in [-0.05, 0) is 25.3 Å². The van der Waals surface area contributed by atoms with Gasteiger partial charge in [-0.3, -0.25) is 9.89 Å². The summed E-state index contributed by atoms with van der Waals surface area (Å²) in [6.45, 7) is 1.39. The van der Waals surface area contributed by atoms with Crippen molar-refractivity contribution < 1.29 is 13.9 Å². The zero-order valence-corrected chi connectivity index (χ0v) is 12.3. The van der Waals surface area contributed by atoms with Gasteiger partial charge in [-0.2, -0.15) is 5.10 Å². The number of rotatable bonds is 3. The molecule has 3 heterocycles. The van der Waals surface area contributed by atoms with Gasteiger partial charge in [0, 0.05) is 24.5 Å². The summed E-state index contributed by atoms with van der Waals surface area (Å²) in [4.78, 5) is 12.6. The number of fused-ring (bicyclic) bond motifs is 1. The molecule has 2 aromatic heterocycles. The fourth-order valence-electron chi connectivity index (χ4n) is 3.42. The minimum Gasteiger partial charge on any atom is -0.469 e. The maximum Gasteiger partial charge on any atom is 0.255 e. The highest BCUT2D eigenvalue weighted by Gasteiger charge is 2.28. The molecule has 0 spiro atoms. The molecule has 116 valence electrons. The standard InChI is InChI=1S/C16H19N3O3/c20-16(12-8-17-19-15(12)10-4-6-21-9-10)18-13-2-1-3-14-11(13)5-7-22-14/h5,7-8,10,13H,1-4,6,9H2,(H,17,19)(H,18,20)/t10-,13-/m1/s1. The van der Waals surface area contributed by atoms with Crippen molar-refractivity contribution in [2.24, 2.45) is 0 Å². The highest BCUT2D eigenvalue weighted by molar-refractivity contribution is 5.95. The van der Waals surface area contributed by atoms with E-state index in [1.807, 2.05) is 6.07 Å². The largest absolute Gasteiger partial charge is 0.469 e. The molecular formula is C16H19N3O3. The summed E-state index contributed by atoms with van der Waals surface area (Å²) >= 11 is 0. The van der Waals surface area contributed by atoms with E-state index in [1.165, 1.54) is 0 Å². The average Bonchev–Trinajstić information content (AvgIpc) is 3.27. The molecule has 1 amide bonds. The van der Waals surface area contributed by atoms with Crippen molar-refractivity contribution in [2.45, 2.75) is 37.6 Å². The second-order valence-corrected chi connectivity index (χ2v) is 5.98. The van der Waals surface area contributed by atoms with Crippen LogP contribution in [-0.4, -0.2) is 29.3 Å². The fourth-order valence-corrected chi connectivity index (χ4v) is 3.42. The normalized spacial score (nSPS) is 24.2. The molecule has 0 bridgehead atoms. The number of amides is 1. The van der Waals surface area contributed by atoms with Crippen molar-refractivity contribution in [3.63, 3.8) is 0 Å². The van der Waals surface area contributed by atoms with Crippen LogP contribution in [0.1, 0.15) is 58.6 Å². The molecule has 2 aromatic rings. The molecule has 4 rings (SSSR count). The van der Waals surface area contributed by atoms with Gasteiger partial charge in [0.25, 0.3) is 5.91 Å². The molecule has 2 aliphatic rings. The third kappa shape index (κ3) is 2.33. The average molecular weight is 301 g/mol. The number of nitrogens with zero attached hydrogens (tertiary/aromatic N) is 1. The molecule has 1 aliphatic carbocycles. The molecule has 2 atom stereocenters. The number of H-pyrrole nitrogens is 1. The number of aromatic nitrogens is 2. The van der Waals surface area contributed by atoms with Gasteiger partial charge in [0.1, 0.15) is 5.76 Å². The van der Waals surface area contributed by atoms with Crippen LogP contribution >= 0.6 is 0 Å². The van der Waals surface area contributed by atoms with E-state index in [1.54, 1.807) is 12.5 Å². The highest BCUT2D eigenvalue weighted by Crippen LogP contribution is 2.31. The SMILES string of the molecule is O=C(N[C@@H]1CCCc2occc21)c1cn[nH]c1[C@@H]1CCOC1. The number of nitrogens with one attached hydrogen (secondary N) is 2. The number of hydrogen-bond donors (Lipinski definition) is 2. The van der Waals surface area contributed by atoms with Crippen LogP contribution in [0.5, 0.6) is 0 Å². The topological polar surface area (TPSA) is 80.2 Å². The zero-order chi connectivity index (χ0) is 14.9. The van der Waals surface area contributed by atoms with Gasteiger partial charge < -0.3 is 14.5 Å². The molecule has 1 fully saturated rings. The predicted octanol–water partition coefficient (Wildman–Crippen LogP) is 2.31. The Morgan fingerprint density at radius 3 is 3.23 bits per heavy atom. The summed E-state index contributed by atoms with van der Waals surface area (Å²) in [6, 6.07) is 1.98. The van der Waals surface area contributed by atoms with Gasteiger partial charge in [-0.15, -0.1) is 0 Å². The first-order valence-corrected chi connectivity index (χ1v) is 7.81. The van der Waals surface area contributed by atoms with E-state index in [4.69, 9.17) is 9.15 Å².